The number of nitrogens with zero attached hydrogens (tertiary/aromatic N) is 5. The van der Waals surface area contributed by atoms with Gasteiger partial charge in [0.05, 0.1) is 16.0 Å². The van der Waals surface area contributed by atoms with E-state index in [-0.39, 0.29) is 17.2 Å². The first-order valence-electron chi connectivity index (χ1n) is 11.6. The van der Waals surface area contributed by atoms with Crippen LogP contribution in [-0.4, -0.2) is 48.5 Å². The van der Waals surface area contributed by atoms with Crippen LogP contribution < -0.4 is 4.90 Å². The van der Waals surface area contributed by atoms with Gasteiger partial charge in [0.15, 0.2) is 17.3 Å². The van der Waals surface area contributed by atoms with Crippen LogP contribution in [0.4, 0.5) is 21.1 Å². The molecule has 0 bridgehead atoms. The van der Waals surface area contributed by atoms with E-state index in [9.17, 15) is 19.7 Å². The highest BCUT2D eigenvalue weighted by atomic mass is 16.6. The van der Waals surface area contributed by atoms with E-state index >= 15 is 0 Å². The van der Waals surface area contributed by atoms with E-state index in [0.29, 0.717) is 22.5 Å². The van der Waals surface area contributed by atoms with Gasteiger partial charge in [0, 0.05) is 23.1 Å². The zero-order chi connectivity index (χ0) is 27.9. The van der Waals surface area contributed by atoms with E-state index in [1.54, 1.807) is 53.7 Å². The van der Waals surface area contributed by atoms with Gasteiger partial charge in [0.2, 0.25) is 0 Å². The quantitative estimate of drug-likeness (QED) is 0.333. The number of fused-ring (bicyclic) bond motifs is 1. The Hall–Kier alpha value is -4.09. The van der Waals surface area contributed by atoms with Crippen molar-refractivity contribution in [3.63, 3.8) is 0 Å². The van der Waals surface area contributed by atoms with Gasteiger partial charge in [-0.2, -0.15) is 10.00 Å². The molecule has 0 spiro atoms. The molecule has 0 aliphatic carbocycles. The molecule has 0 fully saturated rings. The van der Waals surface area contributed by atoms with Crippen LogP contribution in [0.3, 0.4) is 0 Å². The minimum atomic E-state index is -0.963. The number of nitro benzene ring substituents is 1. The van der Waals surface area contributed by atoms with Crippen LogP contribution in [0.5, 0.6) is 0 Å². The monoisotopic (exact) mass is 512 g/mol. The van der Waals surface area contributed by atoms with E-state index in [2.05, 4.69) is 15.2 Å². The number of imide groups is 1. The smallest absolute Gasteiger partial charge is 0.425 e. The van der Waals surface area contributed by atoms with E-state index in [1.807, 2.05) is 20.8 Å². The second-order valence-corrected chi connectivity index (χ2v) is 11.5. The topological polar surface area (TPSA) is 153 Å². The van der Waals surface area contributed by atoms with Crippen molar-refractivity contribution in [1.29, 1.82) is 0 Å². The molecule has 0 saturated heterocycles. The second-order valence-electron chi connectivity index (χ2n) is 11.5. The van der Waals surface area contributed by atoms with Crippen molar-refractivity contribution in [1.82, 2.24) is 20.2 Å². The lowest BCUT2D eigenvalue weighted by atomic mass is 9.89. The van der Waals surface area contributed by atoms with E-state index in [0.717, 1.165) is 4.90 Å². The highest BCUT2D eigenvalue weighted by Crippen LogP contribution is 2.36. The molecule has 0 aliphatic rings. The second kappa shape index (κ2) is 9.41. The number of carbonyl (C=O) groups is 2. The molecule has 1 N–H and O–H groups in total. The number of ether oxygens (including phenoxy) is 2. The Morgan fingerprint density at radius 3 is 1.84 bits per heavy atom. The van der Waals surface area contributed by atoms with Crippen LogP contribution >= 0.6 is 0 Å². The highest BCUT2D eigenvalue weighted by Gasteiger charge is 2.37. The summed E-state index contributed by atoms with van der Waals surface area (Å²) in [5.41, 5.74) is -1.12. The number of non-ortho nitro benzene ring substituents is 1. The van der Waals surface area contributed by atoms with Crippen LogP contribution in [0.2, 0.25) is 0 Å². The van der Waals surface area contributed by atoms with Crippen molar-refractivity contribution in [2.75, 3.05) is 4.90 Å². The van der Waals surface area contributed by atoms with Gasteiger partial charge in [0.1, 0.15) is 11.2 Å². The molecule has 2 heterocycles. The summed E-state index contributed by atoms with van der Waals surface area (Å²) in [5.74, 6) is 0.238. The van der Waals surface area contributed by atoms with Crippen molar-refractivity contribution >= 4 is 34.7 Å². The van der Waals surface area contributed by atoms with Crippen molar-refractivity contribution in [3.05, 3.63) is 40.1 Å². The third-order valence-electron chi connectivity index (χ3n) is 4.81. The number of nitro groups is 1. The molecule has 0 unspecified atom stereocenters. The highest BCUT2D eigenvalue weighted by molar-refractivity contribution is 6.13. The number of H-pyrrole nitrogens is 1. The average molecular weight is 513 g/mol. The third-order valence-corrected chi connectivity index (χ3v) is 4.81. The van der Waals surface area contributed by atoms with Crippen LogP contribution in [-0.2, 0) is 14.9 Å². The summed E-state index contributed by atoms with van der Waals surface area (Å²) in [6.07, 6.45) is -1.93. The van der Waals surface area contributed by atoms with Crippen molar-refractivity contribution < 1.29 is 24.0 Å². The molecular formula is C25H32N6O6. The molecule has 0 atom stereocenters. The zero-order valence-electron chi connectivity index (χ0n) is 22.5. The fraction of sp³-hybridized carbons (Fsp3) is 0.480. The number of benzene rings is 1. The van der Waals surface area contributed by atoms with E-state index in [1.165, 1.54) is 12.1 Å². The van der Waals surface area contributed by atoms with Gasteiger partial charge in [-0.05, 0) is 53.7 Å². The van der Waals surface area contributed by atoms with Gasteiger partial charge in [-0.3, -0.25) is 15.2 Å². The number of carbonyl (C=O) groups excluding carboxylic acids is 2. The molecule has 0 radical (unpaired) electrons. The van der Waals surface area contributed by atoms with E-state index in [4.69, 9.17) is 14.5 Å². The lowest BCUT2D eigenvalue weighted by molar-refractivity contribution is -0.384. The van der Waals surface area contributed by atoms with Crippen LogP contribution in [0.25, 0.3) is 22.4 Å². The maximum absolute atomic E-state index is 13.2. The van der Waals surface area contributed by atoms with Gasteiger partial charge >= 0.3 is 12.2 Å². The van der Waals surface area contributed by atoms with E-state index < -0.39 is 33.7 Å². The number of hydrogen-bond acceptors (Lipinski definition) is 9. The van der Waals surface area contributed by atoms with Crippen molar-refractivity contribution in [2.24, 2.45) is 0 Å². The molecule has 1 aromatic carbocycles. The summed E-state index contributed by atoms with van der Waals surface area (Å²) in [5, 5.41) is 18.4. The number of hydrogen-bond donors (Lipinski definition) is 1. The first kappa shape index (κ1) is 27.5. The molecule has 0 aliphatic heterocycles. The van der Waals surface area contributed by atoms with Crippen molar-refractivity contribution in [3.8, 4) is 11.4 Å². The Bertz CT molecular complexity index is 1320. The lowest BCUT2D eigenvalue weighted by Crippen LogP contribution is -2.44. The number of rotatable bonds is 3. The lowest BCUT2D eigenvalue weighted by Gasteiger charge is -2.28. The normalized spacial score (nSPS) is 12.4. The summed E-state index contributed by atoms with van der Waals surface area (Å²) < 4.78 is 11.0. The Labute approximate surface area is 214 Å². The number of anilines is 1. The van der Waals surface area contributed by atoms with Crippen LogP contribution in [0, 0.1) is 10.1 Å². The maximum Gasteiger partial charge on any atom is 0.425 e. The zero-order valence-corrected chi connectivity index (χ0v) is 22.5. The Balaban J connectivity index is 2.24. The van der Waals surface area contributed by atoms with Gasteiger partial charge < -0.3 is 9.47 Å². The predicted octanol–water partition coefficient (Wildman–Crippen LogP) is 5.90. The number of aromatic amines is 1. The summed E-state index contributed by atoms with van der Waals surface area (Å²) >= 11 is 0. The standard InChI is InChI=1S/C25H32N6O6/c1-23(2,3)17-16-19(27-18(26-17)14-10-12-15(13-11-14)31(34)35)28-29-20(16)30(21(32)36-24(4,5)6)22(33)37-25(7,8)9/h10-13H,1-9H3,(H,26,27,28,29). The molecule has 37 heavy (non-hydrogen) atoms. The summed E-state index contributed by atoms with van der Waals surface area (Å²) in [6, 6.07) is 5.84. The average Bonchev–Trinajstić information content (AvgIpc) is 3.13. The SMILES string of the molecule is CC(C)(C)OC(=O)N(C(=O)OC(C)(C)C)c1n[nH]c2nc(-c3ccc([N+](=O)[O-])cc3)nc(C(C)(C)C)c12. The largest absolute Gasteiger partial charge is 0.443 e. The molecule has 2 aromatic heterocycles. The molecule has 3 aromatic rings. The van der Waals surface area contributed by atoms with Crippen LogP contribution in [0.1, 0.15) is 68.0 Å². The number of nitrogens with one attached hydrogen (secondary N) is 1. The molecule has 198 valence electrons. The predicted molar refractivity (Wildman–Crippen MR) is 137 cm³/mol. The minimum absolute atomic E-state index is 0.0568. The molecule has 12 nitrogen and oxygen atoms in total. The summed E-state index contributed by atoms with van der Waals surface area (Å²) in [4.78, 5) is 47.0. The Kier molecular flexibility index (Phi) is 7.00. The van der Waals surface area contributed by atoms with Gasteiger partial charge in [-0.15, -0.1) is 0 Å². The summed E-state index contributed by atoms with van der Waals surface area (Å²) in [6.45, 7) is 15.8. The molecule has 3 rings (SSSR count). The molecule has 0 saturated carbocycles. The maximum atomic E-state index is 13.2. The fourth-order valence-electron chi connectivity index (χ4n) is 3.34. The van der Waals surface area contributed by atoms with Crippen LogP contribution in [0.15, 0.2) is 24.3 Å². The Morgan fingerprint density at radius 2 is 1.41 bits per heavy atom. The number of amides is 2. The molecule has 2 amide bonds. The Morgan fingerprint density at radius 1 is 0.892 bits per heavy atom. The van der Waals surface area contributed by atoms with Gasteiger partial charge in [-0.25, -0.2) is 19.6 Å². The first-order valence-corrected chi connectivity index (χ1v) is 11.6. The van der Waals surface area contributed by atoms with Gasteiger partial charge in [0.25, 0.3) is 5.69 Å². The summed E-state index contributed by atoms with van der Waals surface area (Å²) in [7, 11) is 0. The first-order chi connectivity index (χ1) is 16.9. The number of aromatic nitrogens is 4. The van der Waals surface area contributed by atoms with Gasteiger partial charge in [-0.1, -0.05) is 20.8 Å². The molecular weight excluding hydrogens is 480 g/mol. The van der Waals surface area contributed by atoms with Crippen molar-refractivity contribution in [2.45, 2.75) is 78.9 Å². The molecule has 12 heteroatoms. The minimum Gasteiger partial charge on any atom is -0.443 e. The third kappa shape index (κ3) is 6.38. The fourth-order valence-corrected chi connectivity index (χ4v) is 3.34.